The Kier molecular flexibility index (Phi) is 3.81. The molecule has 23 heavy (non-hydrogen) atoms. The fourth-order valence-electron chi connectivity index (χ4n) is 3.18. The van der Waals surface area contributed by atoms with E-state index in [-0.39, 0.29) is 6.03 Å². The molecular weight excluding hydrogens is 294 g/mol. The highest BCUT2D eigenvalue weighted by molar-refractivity contribution is 5.75. The van der Waals surface area contributed by atoms with Crippen molar-refractivity contribution in [1.29, 1.82) is 0 Å². The molecule has 0 aliphatic heterocycles. The molecule has 6 heteroatoms. The largest absolute Gasteiger partial charge is 0.472 e. The van der Waals surface area contributed by atoms with Gasteiger partial charge in [0.1, 0.15) is 11.5 Å². The molecule has 2 aromatic heterocycles. The average Bonchev–Trinajstić information content (AvgIpc) is 3.12. The summed E-state index contributed by atoms with van der Waals surface area (Å²) in [5.74, 6) is 0.998. The van der Waals surface area contributed by atoms with Crippen LogP contribution in [-0.2, 0) is 25.9 Å². The number of nitrogens with one attached hydrogen (secondary N) is 1. The first kappa shape index (κ1) is 14.4. The van der Waals surface area contributed by atoms with Crippen molar-refractivity contribution in [2.24, 2.45) is 0 Å². The Morgan fingerprint density at radius 1 is 1.35 bits per heavy atom. The molecule has 4 rings (SSSR count). The Labute approximate surface area is 134 Å². The van der Waals surface area contributed by atoms with Gasteiger partial charge in [-0.25, -0.2) is 4.79 Å². The highest BCUT2D eigenvalue weighted by Gasteiger charge is 2.33. The van der Waals surface area contributed by atoms with E-state index in [9.17, 15) is 4.79 Å². The first-order chi connectivity index (χ1) is 11.3. The van der Waals surface area contributed by atoms with Gasteiger partial charge in [0.15, 0.2) is 0 Å². The summed E-state index contributed by atoms with van der Waals surface area (Å²) >= 11 is 0. The fourth-order valence-corrected chi connectivity index (χ4v) is 3.18. The zero-order valence-electron chi connectivity index (χ0n) is 13.1. The summed E-state index contributed by atoms with van der Waals surface area (Å²) in [4.78, 5) is 14.4. The summed E-state index contributed by atoms with van der Waals surface area (Å²) < 4.78 is 10.5. The van der Waals surface area contributed by atoms with Gasteiger partial charge in [0.05, 0.1) is 25.6 Å². The van der Waals surface area contributed by atoms with Gasteiger partial charge >= 0.3 is 6.03 Å². The molecule has 2 aromatic rings. The van der Waals surface area contributed by atoms with E-state index in [0.29, 0.717) is 19.1 Å². The second kappa shape index (κ2) is 6.10. The van der Waals surface area contributed by atoms with Crippen molar-refractivity contribution < 1.29 is 13.7 Å². The maximum atomic E-state index is 12.5. The summed E-state index contributed by atoms with van der Waals surface area (Å²) in [5, 5.41) is 7.15. The molecule has 0 saturated heterocycles. The lowest BCUT2D eigenvalue weighted by Gasteiger charge is -2.22. The SMILES string of the molecule is O=C(NCc1noc2c1CCCC2)N(Cc1ccoc1)C1CC1. The molecule has 2 heterocycles. The Balaban J connectivity index is 1.39. The van der Waals surface area contributed by atoms with Crippen molar-refractivity contribution in [3.63, 3.8) is 0 Å². The first-order valence-corrected chi connectivity index (χ1v) is 8.33. The fraction of sp³-hybridized carbons (Fsp3) is 0.529. The number of hydrogen-bond acceptors (Lipinski definition) is 4. The van der Waals surface area contributed by atoms with Crippen molar-refractivity contribution in [2.45, 2.75) is 57.7 Å². The highest BCUT2D eigenvalue weighted by Crippen LogP contribution is 2.29. The molecular formula is C17H21N3O3. The normalized spacial score (nSPS) is 16.9. The third-order valence-electron chi connectivity index (χ3n) is 4.62. The zero-order chi connectivity index (χ0) is 15.6. The molecule has 0 bridgehead atoms. The molecule has 0 unspecified atom stereocenters. The van der Waals surface area contributed by atoms with Gasteiger partial charge in [-0.15, -0.1) is 0 Å². The molecule has 0 spiro atoms. The van der Waals surface area contributed by atoms with E-state index in [4.69, 9.17) is 8.94 Å². The topological polar surface area (TPSA) is 71.5 Å². The third kappa shape index (κ3) is 3.11. The number of amides is 2. The molecule has 122 valence electrons. The van der Waals surface area contributed by atoms with Gasteiger partial charge < -0.3 is 19.2 Å². The van der Waals surface area contributed by atoms with Crippen LogP contribution in [0.1, 0.15) is 48.3 Å². The minimum absolute atomic E-state index is 0.0405. The van der Waals surface area contributed by atoms with E-state index in [1.54, 1.807) is 12.5 Å². The number of fused-ring (bicyclic) bond motifs is 1. The van der Waals surface area contributed by atoms with Gasteiger partial charge in [0, 0.05) is 23.6 Å². The van der Waals surface area contributed by atoms with E-state index in [2.05, 4.69) is 10.5 Å². The van der Waals surface area contributed by atoms with E-state index < -0.39 is 0 Å². The predicted molar refractivity (Wildman–Crippen MR) is 82.7 cm³/mol. The molecule has 0 radical (unpaired) electrons. The van der Waals surface area contributed by atoms with Crippen LogP contribution in [-0.4, -0.2) is 22.1 Å². The van der Waals surface area contributed by atoms with Crippen molar-refractivity contribution in [3.05, 3.63) is 41.2 Å². The van der Waals surface area contributed by atoms with Crippen molar-refractivity contribution in [2.75, 3.05) is 0 Å². The van der Waals surface area contributed by atoms with Crippen LogP contribution >= 0.6 is 0 Å². The van der Waals surface area contributed by atoms with Crippen LogP contribution in [0.2, 0.25) is 0 Å². The van der Waals surface area contributed by atoms with Gasteiger partial charge in [-0.1, -0.05) is 5.16 Å². The maximum Gasteiger partial charge on any atom is 0.318 e. The Morgan fingerprint density at radius 2 is 2.22 bits per heavy atom. The van der Waals surface area contributed by atoms with E-state index in [1.165, 1.54) is 12.0 Å². The number of nitrogens with zero attached hydrogens (tertiary/aromatic N) is 2. The molecule has 0 atom stereocenters. The molecule has 2 amide bonds. The number of rotatable bonds is 5. The van der Waals surface area contributed by atoms with Gasteiger partial charge in [-0.3, -0.25) is 0 Å². The van der Waals surface area contributed by atoms with Crippen LogP contribution in [0, 0.1) is 0 Å². The lowest BCUT2D eigenvalue weighted by molar-refractivity contribution is 0.191. The number of aryl methyl sites for hydroxylation is 1. The molecule has 1 fully saturated rings. The average molecular weight is 315 g/mol. The lowest BCUT2D eigenvalue weighted by Crippen LogP contribution is -2.40. The number of hydrogen-bond donors (Lipinski definition) is 1. The van der Waals surface area contributed by atoms with Crippen molar-refractivity contribution >= 4 is 6.03 Å². The standard InChI is InChI=1S/C17H21N3O3/c21-17(20(13-5-6-13)10-12-7-8-22-11-12)18-9-15-14-3-1-2-4-16(14)23-19-15/h7-8,11,13H,1-6,9-10H2,(H,18,21). The quantitative estimate of drug-likeness (QED) is 0.920. The van der Waals surface area contributed by atoms with Crippen LogP contribution in [0.4, 0.5) is 4.79 Å². The predicted octanol–water partition coefficient (Wildman–Crippen LogP) is 3.02. The molecule has 1 saturated carbocycles. The second-order valence-corrected chi connectivity index (χ2v) is 6.39. The van der Waals surface area contributed by atoms with Gasteiger partial charge in [-0.2, -0.15) is 0 Å². The third-order valence-corrected chi connectivity index (χ3v) is 4.62. The zero-order valence-corrected chi connectivity index (χ0v) is 13.1. The summed E-state index contributed by atoms with van der Waals surface area (Å²) in [5.41, 5.74) is 3.10. The summed E-state index contributed by atoms with van der Waals surface area (Å²) in [6, 6.07) is 2.20. The maximum absolute atomic E-state index is 12.5. The van der Waals surface area contributed by atoms with Crippen LogP contribution in [0.15, 0.2) is 27.5 Å². The Morgan fingerprint density at radius 3 is 3.00 bits per heavy atom. The van der Waals surface area contributed by atoms with Gasteiger partial charge in [-0.05, 0) is 38.2 Å². The van der Waals surface area contributed by atoms with E-state index in [1.807, 2.05) is 11.0 Å². The molecule has 2 aliphatic carbocycles. The van der Waals surface area contributed by atoms with Crippen molar-refractivity contribution in [1.82, 2.24) is 15.4 Å². The number of aromatic nitrogens is 1. The van der Waals surface area contributed by atoms with Gasteiger partial charge in [0.25, 0.3) is 0 Å². The minimum atomic E-state index is -0.0405. The summed E-state index contributed by atoms with van der Waals surface area (Å²) in [6.07, 6.45) is 9.78. The minimum Gasteiger partial charge on any atom is -0.472 e. The van der Waals surface area contributed by atoms with E-state index in [0.717, 1.165) is 49.1 Å². The number of carbonyl (C=O) groups is 1. The first-order valence-electron chi connectivity index (χ1n) is 8.33. The molecule has 2 aliphatic rings. The second-order valence-electron chi connectivity index (χ2n) is 6.39. The number of furan rings is 1. The number of urea groups is 1. The van der Waals surface area contributed by atoms with Crippen LogP contribution in [0.25, 0.3) is 0 Å². The molecule has 6 nitrogen and oxygen atoms in total. The van der Waals surface area contributed by atoms with Crippen LogP contribution < -0.4 is 5.32 Å². The Bertz CT molecular complexity index is 673. The van der Waals surface area contributed by atoms with Gasteiger partial charge in [0.2, 0.25) is 0 Å². The van der Waals surface area contributed by atoms with E-state index >= 15 is 0 Å². The molecule has 1 N–H and O–H groups in total. The molecule has 0 aromatic carbocycles. The summed E-state index contributed by atoms with van der Waals surface area (Å²) in [7, 11) is 0. The van der Waals surface area contributed by atoms with Crippen LogP contribution in [0.5, 0.6) is 0 Å². The monoisotopic (exact) mass is 315 g/mol. The Hall–Kier alpha value is -2.24. The number of carbonyl (C=O) groups excluding carboxylic acids is 1. The summed E-state index contributed by atoms with van der Waals surface area (Å²) in [6.45, 7) is 1.02. The lowest BCUT2D eigenvalue weighted by atomic mass is 9.96. The highest BCUT2D eigenvalue weighted by atomic mass is 16.5. The smallest absolute Gasteiger partial charge is 0.318 e. The van der Waals surface area contributed by atoms with Crippen molar-refractivity contribution in [3.8, 4) is 0 Å². The van der Waals surface area contributed by atoms with Crippen LogP contribution in [0.3, 0.4) is 0 Å².